The smallest absolute Gasteiger partial charge is 0.332 e. The summed E-state index contributed by atoms with van der Waals surface area (Å²) >= 11 is 1.63. The Hall–Kier alpha value is -1.91. The van der Waals surface area contributed by atoms with Crippen LogP contribution in [0.2, 0.25) is 0 Å². The minimum atomic E-state index is -2.50. The number of carbonyl (C=O) groups is 4. The van der Waals surface area contributed by atoms with Crippen molar-refractivity contribution < 1.29 is 38.9 Å². The van der Waals surface area contributed by atoms with Crippen LogP contribution in [0.15, 0.2) is 20.3 Å². The first kappa shape index (κ1) is 19.1. The second-order valence-corrected chi connectivity index (χ2v) is 5.92. The lowest BCUT2D eigenvalue weighted by atomic mass is 9.65. The molecule has 1 aliphatic rings. The summed E-state index contributed by atoms with van der Waals surface area (Å²) in [6.45, 7) is 2.92. The first-order chi connectivity index (χ1) is 10.6. The van der Waals surface area contributed by atoms with Crippen LogP contribution in [0.4, 0.5) is 0 Å². The fourth-order valence-corrected chi connectivity index (χ4v) is 3.76. The molecule has 0 spiro atoms. The van der Waals surface area contributed by atoms with E-state index in [-0.39, 0.29) is 14.7 Å². The highest BCUT2D eigenvalue weighted by Gasteiger charge is 2.64. The third kappa shape index (κ3) is 2.62. The average molecular weight is 438 g/mol. The number of halogens is 1. The number of aliphatic carboxylic acids is 2. The number of carbonyl (C=O) groups excluding carboxylic acids is 2. The van der Waals surface area contributed by atoms with E-state index in [1.54, 1.807) is 22.6 Å². The Kier molecular flexibility index (Phi) is 5.56. The molecule has 1 rings (SSSR count). The number of carboxylic acids is 2. The number of carboxylic acid groups (broad SMARTS) is 2. The van der Waals surface area contributed by atoms with Gasteiger partial charge in [0.1, 0.15) is 5.92 Å². The summed E-state index contributed by atoms with van der Waals surface area (Å²) in [6.07, 6.45) is 0. The number of rotatable bonds is 4. The molecule has 2 unspecified atom stereocenters. The Morgan fingerprint density at radius 3 is 1.91 bits per heavy atom. The third-order valence-electron chi connectivity index (χ3n) is 3.88. The lowest BCUT2D eigenvalue weighted by Gasteiger charge is -2.38. The summed E-state index contributed by atoms with van der Waals surface area (Å²) in [5.41, 5.74) is -2.50. The SMILES string of the molecule is COC(=O)C1C(C(=O)O)=C(C)C(C)=C(I)C1(C(=O)O)C(=O)OC. The van der Waals surface area contributed by atoms with Crippen LogP contribution in [0.5, 0.6) is 0 Å². The Labute approximate surface area is 145 Å². The predicted molar refractivity (Wildman–Crippen MR) is 84.6 cm³/mol. The molecule has 0 aromatic carbocycles. The van der Waals surface area contributed by atoms with E-state index in [1.165, 1.54) is 13.8 Å². The fraction of sp³-hybridized carbons (Fsp3) is 0.429. The maximum atomic E-state index is 12.3. The molecule has 1 aliphatic carbocycles. The molecule has 126 valence electrons. The molecular weight excluding hydrogens is 423 g/mol. The number of hydrogen-bond acceptors (Lipinski definition) is 6. The molecule has 8 nitrogen and oxygen atoms in total. The number of hydrogen-bond donors (Lipinski definition) is 2. The molecule has 0 saturated heterocycles. The number of methoxy groups -OCH3 is 2. The van der Waals surface area contributed by atoms with Crippen molar-refractivity contribution in [1.29, 1.82) is 0 Å². The Morgan fingerprint density at radius 2 is 1.57 bits per heavy atom. The lowest BCUT2D eigenvalue weighted by molar-refractivity contribution is -0.173. The minimum absolute atomic E-state index is 0.00681. The van der Waals surface area contributed by atoms with Crippen LogP contribution >= 0.6 is 22.6 Å². The summed E-state index contributed by atoms with van der Waals surface area (Å²) in [6, 6.07) is 0. The van der Waals surface area contributed by atoms with Gasteiger partial charge in [-0.15, -0.1) is 0 Å². The van der Waals surface area contributed by atoms with Gasteiger partial charge in [0, 0.05) is 3.58 Å². The summed E-state index contributed by atoms with van der Waals surface area (Å²) < 4.78 is 9.15. The zero-order chi connectivity index (χ0) is 18.1. The van der Waals surface area contributed by atoms with Crippen molar-refractivity contribution in [2.45, 2.75) is 13.8 Å². The normalized spacial score (nSPS) is 24.3. The summed E-state index contributed by atoms with van der Waals surface area (Å²) in [5, 5.41) is 19.2. The van der Waals surface area contributed by atoms with Crippen LogP contribution in [0, 0.1) is 11.3 Å². The molecule has 0 aromatic rings. The monoisotopic (exact) mass is 438 g/mol. The molecular formula is C14H15IO8. The van der Waals surface area contributed by atoms with E-state index >= 15 is 0 Å². The van der Waals surface area contributed by atoms with Crippen molar-refractivity contribution in [3.8, 4) is 0 Å². The predicted octanol–water partition coefficient (Wildman–Crippen LogP) is 1.14. The molecule has 0 radical (unpaired) electrons. The van der Waals surface area contributed by atoms with Gasteiger partial charge in [0.15, 0.2) is 0 Å². The van der Waals surface area contributed by atoms with Crippen molar-refractivity contribution in [3.05, 3.63) is 20.3 Å². The standard InChI is InChI=1S/C14H15IO8/c1-5-6(2)9(15)14(12(19)20,13(21)23-4)8(11(18)22-3)7(5)10(16)17/h8H,1-4H3,(H,16,17)(H,19,20). The van der Waals surface area contributed by atoms with Gasteiger partial charge in [-0.1, -0.05) is 0 Å². The third-order valence-corrected chi connectivity index (χ3v) is 5.54. The molecule has 0 aliphatic heterocycles. The van der Waals surface area contributed by atoms with Gasteiger partial charge in [-0.3, -0.25) is 14.4 Å². The van der Waals surface area contributed by atoms with E-state index in [0.717, 1.165) is 14.2 Å². The van der Waals surface area contributed by atoms with Crippen molar-refractivity contribution in [3.63, 3.8) is 0 Å². The average Bonchev–Trinajstić information content (AvgIpc) is 2.50. The zero-order valence-corrected chi connectivity index (χ0v) is 15.0. The highest BCUT2D eigenvalue weighted by Crippen LogP contribution is 2.52. The van der Waals surface area contributed by atoms with Crippen molar-refractivity contribution in [2.75, 3.05) is 14.2 Å². The highest BCUT2D eigenvalue weighted by atomic mass is 127. The highest BCUT2D eigenvalue weighted by molar-refractivity contribution is 14.1. The first-order valence-electron chi connectivity index (χ1n) is 6.29. The molecule has 0 fully saturated rings. The van der Waals surface area contributed by atoms with Crippen LogP contribution in [0.1, 0.15) is 13.8 Å². The van der Waals surface area contributed by atoms with Gasteiger partial charge in [0.25, 0.3) is 0 Å². The quantitative estimate of drug-likeness (QED) is 0.380. The van der Waals surface area contributed by atoms with Gasteiger partial charge < -0.3 is 19.7 Å². The molecule has 2 atom stereocenters. The van der Waals surface area contributed by atoms with Crippen LogP contribution in [0.25, 0.3) is 0 Å². The number of ether oxygens (including phenoxy) is 2. The second kappa shape index (κ2) is 6.69. The molecule has 9 heteroatoms. The molecule has 0 amide bonds. The van der Waals surface area contributed by atoms with Crippen molar-refractivity contribution >= 4 is 46.5 Å². The lowest BCUT2D eigenvalue weighted by Crippen LogP contribution is -2.53. The van der Waals surface area contributed by atoms with Crippen LogP contribution in [-0.4, -0.2) is 48.3 Å². The fourth-order valence-electron chi connectivity index (χ4n) is 2.59. The molecule has 0 heterocycles. The number of esters is 2. The molecule has 0 bridgehead atoms. The Bertz CT molecular complexity index is 660. The largest absolute Gasteiger partial charge is 0.480 e. The van der Waals surface area contributed by atoms with E-state index in [9.17, 15) is 29.4 Å². The minimum Gasteiger partial charge on any atom is -0.480 e. The Balaban J connectivity index is 3.99. The van der Waals surface area contributed by atoms with Crippen molar-refractivity contribution in [1.82, 2.24) is 0 Å². The second-order valence-electron chi connectivity index (χ2n) is 4.84. The van der Waals surface area contributed by atoms with Gasteiger partial charge in [0.2, 0.25) is 5.41 Å². The summed E-state index contributed by atoms with van der Waals surface area (Å²) in [4.78, 5) is 48.1. The number of allylic oxidation sites excluding steroid dienone is 2. The van der Waals surface area contributed by atoms with E-state index in [2.05, 4.69) is 9.47 Å². The van der Waals surface area contributed by atoms with Gasteiger partial charge >= 0.3 is 23.9 Å². The zero-order valence-electron chi connectivity index (χ0n) is 12.8. The van der Waals surface area contributed by atoms with E-state index in [4.69, 9.17) is 0 Å². The van der Waals surface area contributed by atoms with Crippen molar-refractivity contribution in [2.24, 2.45) is 11.3 Å². The van der Waals surface area contributed by atoms with Gasteiger partial charge in [0.05, 0.1) is 19.8 Å². The van der Waals surface area contributed by atoms with Crippen LogP contribution < -0.4 is 0 Å². The van der Waals surface area contributed by atoms with E-state index in [0.29, 0.717) is 0 Å². The van der Waals surface area contributed by atoms with Crippen LogP contribution in [-0.2, 0) is 28.7 Å². The molecule has 0 aromatic heterocycles. The maximum Gasteiger partial charge on any atom is 0.332 e. The summed E-state index contributed by atoms with van der Waals surface area (Å²) in [5.74, 6) is -7.43. The van der Waals surface area contributed by atoms with E-state index < -0.39 is 40.8 Å². The Morgan fingerprint density at radius 1 is 1.04 bits per heavy atom. The van der Waals surface area contributed by atoms with Gasteiger partial charge in [-0.2, -0.15) is 0 Å². The molecule has 2 N–H and O–H groups in total. The topological polar surface area (TPSA) is 127 Å². The van der Waals surface area contributed by atoms with Crippen LogP contribution in [0.3, 0.4) is 0 Å². The first-order valence-corrected chi connectivity index (χ1v) is 7.37. The summed E-state index contributed by atoms with van der Waals surface area (Å²) in [7, 11) is 1.95. The maximum absolute atomic E-state index is 12.3. The van der Waals surface area contributed by atoms with Gasteiger partial charge in [-0.05, 0) is 47.6 Å². The van der Waals surface area contributed by atoms with E-state index in [1.807, 2.05) is 0 Å². The molecule has 0 saturated carbocycles. The molecule has 23 heavy (non-hydrogen) atoms. The van der Waals surface area contributed by atoms with Gasteiger partial charge in [-0.25, -0.2) is 4.79 Å².